The van der Waals surface area contributed by atoms with Crippen molar-refractivity contribution in [1.29, 1.82) is 0 Å². The predicted molar refractivity (Wildman–Crippen MR) is 75.8 cm³/mol. The van der Waals surface area contributed by atoms with E-state index >= 15 is 0 Å². The Bertz CT molecular complexity index is 343. The molecule has 0 radical (unpaired) electrons. The van der Waals surface area contributed by atoms with Crippen LogP contribution in [0.1, 0.15) is 53.4 Å². The number of nitrogens with two attached hydrogens (primary N) is 1. The molecule has 1 saturated heterocycles. The molecule has 2 atom stereocenters. The lowest BCUT2D eigenvalue weighted by atomic mass is 9.89. The van der Waals surface area contributed by atoms with Crippen molar-refractivity contribution in [3.63, 3.8) is 0 Å². The van der Waals surface area contributed by atoms with Crippen LogP contribution in [0.3, 0.4) is 0 Å². The first-order valence-electron chi connectivity index (χ1n) is 7.46. The van der Waals surface area contributed by atoms with Crippen LogP contribution in [0.25, 0.3) is 0 Å². The van der Waals surface area contributed by atoms with Gasteiger partial charge in [-0.25, -0.2) is 4.79 Å². The molecule has 0 aromatic rings. The highest BCUT2D eigenvalue weighted by molar-refractivity contribution is 5.68. The van der Waals surface area contributed by atoms with Crippen LogP contribution in [0.2, 0.25) is 0 Å². The van der Waals surface area contributed by atoms with E-state index in [0.29, 0.717) is 11.8 Å². The van der Waals surface area contributed by atoms with Crippen molar-refractivity contribution in [3.8, 4) is 0 Å². The minimum absolute atomic E-state index is 0.0960. The largest absolute Gasteiger partial charge is 0.444 e. The molecule has 1 saturated carbocycles. The molecule has 1 aliphatic carbocycles. The molecule has 1 aliphatic heterocycles. The number of hydrogen-bond donors (Lipinski definition) is 1. The summed E-state index contributed by atoms with van der Waals surface area (Å²) in [4.78, 5) is 13.8. The summed E-state index contributed by atoms with van der Waals surface area (Å²) in [5.74, 6) is 1.35. The van der Waals surface area contributed by atoms with Gasteiger partial charge in [0, 0.05) is 18.6 Å². The van der Waals surface area contributed by atoms with Gasteiger partial charge in [-0.2, -0.15) is 0 Å². The molecule has 0 bridgehead atoms. The summed E-state index contributed by atoms with van der Waals surface area (Å²) in [5, 5.41) is 0. The van der Waals surface area contributed by atoms with Gasteiger partial charge in [-0.1, -0.05) is 6.92 Å². The molecule has 2 rings (SSSR count). The van der Waals surface area contributed by atoms with E-state index in [2.05, 4.69) is 6.92 Å². The Labute approximate surface area is 116 Å². The quantitative estimate of drug-likeness (QED) is 0.838. The zero-order valence-electron chi connectivity index (χ0n) is 12.7. The molecule has 1 amide bonds. The number of carbonyl (C=O) groups is 1. The minimum atomic E-state index is -0.404. The monoisotopic (exact) mass is 268 g/mol. The Hall–Kier alpha value is -0.770. The van der Waals surface area contributed by atoms with Gasteiger partial charge in [0.2, 0.25) is 0 Å². The topological polar surface area (TPSA) is 55.6 Å². The van der Waals surface area contributed by atoms with Crippen LogP contribution in [0.4, 0.5) is 4.79 Å². The number of ether oxygens (including phenoxy) is 1. The fourth-order valence-corrected chi connectivity index (χ4v) is 2.98. The summed E-state index contributed by atoms with van der Waals surface area (Å²) < 4.78 is 5.41. The zero-order valence-corrected chi connectivity index (χ0v) is 12.7. The molecular weight excluding hydrogens is 240 g/mol. The van der Waals surface area contributed by atoms with Crippen molar-refractivity contribution < 1.29 is 9.53 Å². The van der Waals surface area contributed by atoms with Gasteiger partial charge in [0.25, 0.3) is 0 Å². The molecule has 2 unspecified atom stereocenters. The molecule has 0 aromatic carbocycles. The number of carbonyl (C=O) groups excluding carboxylic acids is 1. The van der Waals surface area contributed by atoms with E-state index in [4.69, 9.17) is 10.5 Å². The SMILES string of the molecule is CC1CC1(N)CC1CCN(C(=O)OC(C)(C)C)CC1. The zero-order chi connectivity index (χ0) is 14.3. The molecule has 1 heterocycles. The normalized spacial score (nSPS) is 32.3. The molecule has 2 fully saturated rings. The van der Waals surface area contributed by atoms with Gasteiger partial charge in [0.05, 0.1) is 0 Å². The lowest BCUT2D eigenvalue weighted by molar-refractivity contribution is 0.0178. The van der Waals surface area contributed by atoms with Crippen LogP contribution in [0, 0.1) is 11.8 Å². The summed E-state index contributed by atoms with van der Waals surface area (Å²) in [7, 11) is 0. The van der Waals surface area contributed by atoms with Gasteiger partial charge in [-0.15, -0.1) is 0 Å². The first-order valence-corrected chi connectivity index (χ1v) is 7.46. The van der Waals surface area contributed by atoms with E-state index in [1.807, 2.05) is 25.7 Å². The van der Waals surface area contributed by atoms with Crippen LogP contribution in [0.5, 0.6) is 0 Å². The fraction of sp³-hybridized carbons (Fsp3) is 0.933. The van der Waals surface area contributed by atoms with Gasteiger partial charge in [0.15, 0.2) is 0 Å². The molecular formula is C15H28N2O2. The van der Waals surface area contributed by atoms with E-state index < -0.39 is 5.60 Å². The van der Waals surface area contributed by atoms with Crippen molar-refractivity contribution in [2.75, 3.05) is 13.1 Å². The van der Waals surface area contributed by atoms with E-state index in [1.54, 1.807) is 0 Å². The first-order chi connectivity index (χ1) is 8.70. The van der Waals surface area contributed by atoms with Crippen molar-refractivity contribution in [2.45, 2.75) is 64.5 Å². The maximum absolute atomic E-state index is 11.9. The molecule has 0 spiro atoms. The summed E-state index contributed by atoms with van der Waals surface area (Å²) in [6, 6.07) is 0. The maximum Gasteiger partial charge on any atom is 0.410 e. The van der Waals surface area contributed by atoms with Crippen LogP contribution < -0.4 is 5.73 Å². The van der Waals surface area contributed by atoms with E-state index in [-0.39, 0.29) is 11.6 Å². The average molecular weight is 268 g/mol. The molecule has 4 nitrogen and oxygen atoms in total. The molecule has 2 N–H and O–H groups in total. The summed E-state index contributed by atoms with van der Waals surface area (Å²) in [6.07, 6.45) is 4.24. The highest BCUT2D eigenvalue weighted by Crippen LogP contribution is 2.46. The lowest BCUT2D eigenvalue weighted by Gasteiger charge is -2.34. The second-order valence-corrected chi connectivity index (χ2v) is 7.45. The van der Waals surface area contributed by atoms with Gasteiger partial charge < -0.3 is 15.4 Å². The third kappa shape index (κ3) is 3.85. The number of rotatable bonds is 2. The number of hydrogen-bond acceptors (Lipinski definition) is 3. The lowest BCUT2D eigenvalue weighted by Crippen LogP contribution is -2.42. The Morgan fingerprint density at radius 2 is 1.89 bits per heavy atom. The molecule has 2 aliphatic rings. The van der Waals surface area contributed by atoms with Crippen LogP contribution >= 0.6 is 0 Å². The number of amides is 1. The number of likely N-dealkylation sites (tertiary alicyclic amines) is 1. The summed E-state index contributed by atoms with van der Waals surface area (Å²) >= 11 is 0. The third-order valence-corrected chi connectivity index (χ3v) is 4.44. The van der Waals surface area contributed by atoms with Crippen LogP contribution in [-0.4, -0.2) is 35.2 Å². The minimum Gasteiger partial charge on any atom is -0.444 e. The predicted octanol–water partition coefficient (Wildman–Crippen LogP) is 2.76. The number of nitrogens with zero attached hydrogens (tertiary/aromatic N) is 1. The standard InChI is InChI=1S/C15H28N2O2/c1-11-9-15(11,16)10-12-5-7-17(8-6-12)13(18)19-14(2,3)4/h11-12H,5-10,16H2,1-4H3. The summed E-state index contributed by atoms with van der Waals surface area (Å²) in [5.41, 5.74) is 5.99. The highest BCUT2D eigenvalue weighted by Gasteiger charge is 2.48. The van der Waals surface area contributed by atoms with Gasteiger partial charge >= 0.3 is 6.09 Å². The molecule has 19 heavy (non-hydrogen) atoms. The summed E-state index contributed by atoms with van der Waals surface area (Å²) in [6.45, 7) is 9.57. The molecule has 110 valence electrons. The average Bonchev–Trinajstić information content (AvgIpc) is 2.84. The Kier molecular flexibility index (Phi) is 3.83. The van der Waals surface area contributed by atoms with Crippen molar-refractivity contribution in [3.05, 3.63) is 0 Å². The molecule has 4 heteroatoms. The highest BCUT2D eigenvalue weighted by atomic mass is 16.6. The first kappa shape index (κ1) is 14.6. The Balaban J connectivity index is 1.75. The Morgan fingerprint density at radius 3 is 2.32 bits per heavy atom. The second-order valence-electron chi connectivity index (χ2n) is 7.45. The Morgan fingerprint density at radius 1 is 1.37 bits per heavy atom. The van der Waals surface area contributed by atoms with Crippen LogP contribution in [-0.2, 0) is 4.74 Å². The van der Waals surface area contributed by atoms with E-state index in [9.17, 15) is 4.79 Å². The smallest absolute Gasteiger partial charge is 0.410 e. The van der Waals surface area contributed by atoms with Crippen LogP contribution in [0.15, 0.2) is 0 Å². The van der Waals surface area contributed by atoms with Gasteiger partial charge in [-0.3, -0.25) is 0 Å². The number of piperidine rings is 1. The van der Waals surface area contributed by atoms with E-state index in [0.717, 1.165) is 32.4 Å². The maximum atomic E-state index is 11.9. The van der Waals surface area contributed by atoms with Crippen molar-refractivity contribution in [1.82, 2.24) is 4.90 Å². The third-order valence-electron chi connectivity index (χ3n) is 4.44. The van der Waals surface area contributed by atoms with Gasteiger partial charge in [0.1, 0.15) is 5.60 Å². The second kappa shape index (κ2) is 4.97. The van der Waals surface area contributed by atoms with Crippen molar-refractivity contribution in [2.24, 2.45) is 17.6 Å². The fourth-order valence-electron chi connectivity index (χ4n) is 2.98. The van der Waals surface area contributed by atoms with Crippen molar-refractivity contribution >= 4 is 6.09 Å². The molecule has 0 aromatic heterocycles. The van der Waals surface area contributed by atoms with E-state index in [1.165, 1.54) is 6.42 Å². The van der Waals surface area contributed by atoms with Gasteiger partial charge in [-0.05, 0) is 58.3 Å².